The third-order valence-corrected chi connectivity index (χ3v) is 12.5. The second kappa shape index (κ2) is 21.5. The van der Waals surface area contributed by atoms with Crippen molar-refractivity contribution in [2.75, 3.05) is 64.2 Å². The molecule has 2 aromatic carbocycles. The van der Waals surface area contributed by atoms with Crippen LogP contribution in [0.4, 0.5) is 22.7 Å². The SMILES string of the molecule is COc1cc2c(cc1OCCCC(=O)Nc1cc(C(=O)NCCCNC(=O)c3cc(NC(=O)CCCOc4cc5c(cc4OC)C(=O)N4CCC[C@H]4C=N5)cn3C)n(C)c1)N=CC1CCCN1C2=O. The Kier molecular flexibility index (Phi) is 14.9. The van der Waals surface area contributed by atoms with E-state index in [2.05, 4.69) is 31.3 Å². The molecule has 0 aliphatic carbocycles. The molecule has 2 aromatic heterocycles. The lowest BCUT2D eigenvalue weighted by Gasteiger charge is -2.20. The number of ether oxygens (including phenoxy) is 4. The maximum absolute atomic E-state index is 13.1. The number of anilines is 2. The number of carbonyl (C=O) groups is 6. The van der Waals surface area contributed by atoms with Gasteiger partial charge in [-0.05, 0) is 69.2 Å². The van der Waals surface area contributed by atoms with Crippen LogP contribution < -0.4 is 40.2 Å². The Balaban J connectivity index is 0.712. The van der Waals surface area contributed by atoms with E-state index in [1.54, 1.807) is 72.0 Å². The Morgan fingerprint density at radius 1 is 0.609 bits per heavy atom. The zero-order chi connectivity index (χ0) is 48.6. The molecule has 69 heavy (non-hydrogen) atoms. The molecule has 4 N–H and O–H groups in total. The Hall–Kier alpha value is -7.64. The van der Waals surface area contributed by atoms with Crippen LogP contribution in [0, 0.1) is 0 Å². The second-order valence-corrected chi connectivity index (χ2v) is 17.3. The lowest BCUT2D eigenvalue weighted by molar-refractivity contribution is -0.117. The lowest BCUT2D eigenvalue weighted by atomic mass is 10.1. The minimum absolute atomic E-state index is 0.00998. The highest BCUT2D eigenvalue weighted by molar-refractivity contribution is 6.04. The van der Waals surface area contributed by atoms with Gasteiger partial charge in [-0.15, -0.1) is 0 Å². The van der Waals surface area contributed by atoms with Crippen LogP contribution in [0.15, 0.2) is 58.8 Å². The molecule has 4 aromatic rings. The molecular weight excluding hydrogens is 889 g/mol. The molecule has 2 saturated heterocycles. The van der Waals surface area contributed by atoms with E-state index >= 15 is 0 Å². The van der Waals surface area contributed by atoms with Gasteiger partial charge in [0.25, 0.3) is 23.6 Å². The first kappa shape index (κ1) is 47.8. The van der Waals surface area contributed by atoms with Gasteiger partial charge in [0.1, 0.15) is 11.4 Å². The summed E-state index contributed by atoms with van der Waals surface area (Å²) in [5.41, 5.74) is 3.62. The topological polar surface area (TPSA) is 229 Å². The van der Waals surface area contributed by atoms with Gasteiger partial charge >= 0.3 is 0 Å². The van der Waals surface area contributed by atoms with Gasteiger partial charge in [0.15, 0.2) is 23.0 Å². The van der Waals surface area contributed by atoms with Gasteiger partial charge in [0, 0.05) is 90.1 Å². The lowest BCUT2D eigenvalue weighted by Crippen LogP contribution is -2.35. The molecule has 2 fully saturated rings. The zero-order valence-electron chi connectivity index (χ0n) is 39.3. The van der Waals surface area contributed by atoms with Crippen LogP contribution in [0.2, 0.25) is 0 Å². The van der Waals surface area contributed by atoms with Crippen molar-refractivity contribution >= 4 is 70.6 Å². The van der Waals surface area contributed by atoms with Gasteiger partial charge in [-0.25, -0.2) is 0 Å². The maximum atomic E-state index is 13.1. The van der Waals surface area contributed by atoms with Crippen LogP contribution in [0.5, 0.6) is 23.0 Å². The fraction of sp³-hybridized carbons (Fsp3) is 0.429. The number of rotatable bonds is 20. The summed E-state index contributed by atoms with van der Waals surface area (Å²) in [6, 6.07) is 9.88. The zero-order valence-corrected chi connectivity index (χ0v) is 39.3. The first-order valence-corrected chi connectivity index (χ1v) is 23.3. The van der Waals surface area contributed by atoms with Crippen molar-refractivity contribution in [1.82, 2.24) is 29.6 Å². The Bertz CT molecular complexity index is 2510. The largest absolute Gasteiger partial charge is 0.493 e. The van der Waals surface area contributed by atoms with Gasteiger partial charge in [-0.3, -0.25) is 38.8 Å². The first-order valence-electron chi connectivity index (χ1n) is 23.3. The van der Waals surface area contributed by atoms with Crippen molar-refractivity contribution < 1.29 is 47.7 Å². The number of nitrogens with one attached hydrogen (secondary N) is 4. The van der Waals surface area contributed by atoms with Crippen molar-refractivity contribution in [1.29, 1.82) is 0 Å². The number of fused-ring (bicyclic) bond motifs is 4. The van der Waals surface area contributed by atoms with Crippen LogP contribution in [-0.4, -0.2) is 133 Å². The van der Waals surface area contributed by atoms with Crippen LogP contribution >= 0.6 is 0 Å². The molecule has 6 heterocycles. The fourth-order valence-electron chi connectivity index (χ4n) is 8.91. The molecule has 0 spiro atoms. The van der Waals surface area contributed by atoms with Gasteiger partial charge in [0.2, 0.25) is 11.8 Å². The van der Waals surface area contributed by atoms with Gasteiger partial charge in [0.05, 0.1) is 73.4 Å². The highest BCUT2D eigenvalue weighted by Gasteiger charge is 2.34. The van der Waals surface area contributed by atoms with Gasteiger partial charge in [-0.1, -0.05) is 0 Å². The van der Waals surface area contributed by atoms with E-state index in [1.807, 2.05) is 22.2 Å². The van der Waals surface area contributed by atoms with Crippen LogP contribution in [0.1, 0.15) is 99.5 Å². The summed E-state index contributed by atoms with van der Waals surface area (Å²) in [7, 11) is 6.43. The molecule has 364 valence electrons. The number of carbonyl (C=O) groups excluding carboxylic acids is 6. The van der Waals surface area contributed by atoms with E-state index in [4.69, 9.17) is 18.9 Å². The number of nitrogens with zero attached hydrogens (tertiary/aromatic N) is 6. The summed E-state index contributed by atoms with van der Waals surface area (Å²) in [5, 5.41) is 11.4. The number of aliphatic imine (C=N–C) groups is 2. The van der Waals surface area contributed by atoms with E-state index in [9.17, 15) is 28.8 Å². The fourth-order valence-corrected chi connectivity index (χ4v) is 8.91. The maximum Gasteiger partial charge on any atom is 0.267 e. The minimum atomic E-state index is -0.338. The second-order valence-electron chi connectivity index (χ2n) is 17.3. The van der Waals surface area contributed by atoms with Gasteiger partial charge in [-0.2, -0.15) is 0 Å². The molecule has 0 saturated carbocycles. The highest BCUT2D eigenvalue weighted by Crippen LogP contribution is 2.40. The Morgan fingerprint density at radius 2 is 1.04 bits per heavy atom. The van der Waals surface area contributed by atoms with Crippen molar-refractivity contribution in [3.05, 3.63) is 71.3 Å². The number of hydrogen-bond donors (Lipinski definition) is 4. The molecule has 2 atom stereocenters. The number of hydrogen-bond acceptors (Lipinski definition) is 12. The first-order chi connectivity index (χ1) is 33.4. The van der Waals surface area contributed by atoms with E-state index in [1.165, 1.54) is 14.2 Å². The van der Waals surface area contributed by atoms with Crippen LogP contribution in [0.3, 0.4) is 0 Å². The molecule has 8 rings (SSSR count). The van der Waals surface area contributed by atoms with Gasteiger partial charge < -0.3 is 59.1 Å². The molecule has 20 nitrogen and oxygen atoms in total. The Morgan fingerprint density at radius 3 is 1.46 bits per heavy atom. The summed E-state index contributed by atoms with van der Waals surface area (Å²) in [6.45, 7) is 2.40. The average molecular weight is 947 g/mol. The van der Waals surface area contributed by atoms with Crippen molar-refractivity contribution in [3.63, 3.8) is 0 Å². The molecule has 20 heteroatoms. The molecule has 4 aliphatic heterocycles. The third-order valence-electron chi connectivity index (χ3n) is 12.5. The van der Waals surface area contributed by atoms with E-state index in [0.29, 0.717) is 101 Å². The summed E-state index contributed by atoms with van der Waals surface area (Å²) >= 11 is 0. The third kappa shape index (κ3) is 11.1. The van der Waals surface area contributed by atoms with Crippen molar-refractivity contribution in [2.45, 2.75) is 69.9 Å². The highest BCUT2D eigenvalue weighted by atomic mass is 16.5. The summed E-state index contributed by atoms with van der Waals surface area (Å²) in [5.74, 6) is 0.379. The standard InChI is InChI=1S/C49H58N10O10/c1-56-28-30(54-44(60)12-7-18-68-42-24-36-34(22-40(42)66-3)48(64)58-16-5-10-32(58)26-52-36)20-38(56)46(62)50-14-9-15-51-47(63)39-21-31(29-57(39)2)55-45(61)13-8-19-69-43-25-37-35(23-41(43)67-4)49(65)59-17-6-11-33(59)27-53-37/h20-29,32-33H,5-19H2,1-4H3,(H,50,62)(H,51,63)(H,54,60)(H,55,61)/t32-,33?/m0/s1. The summed E-state index contributed by atoms with van der Waals surface area (Å²) < 4.78 is 26.2. The summed E-state index contributed by atoms with van der Waals surface area (Å²) in [4.78, 5) is 90.7. The normalized spacial score (nSPS) is 16.7. The van der Waals surface area contributed by atoms with Crippen molar-refractivity contribution in [2.24, 2.45) is 24.1 Å². The molecule has 4 aliphatic rings. The molecular formula is C49H58N10O10. The monoisotopic (exact) mass is 946 g/mol. The van der Waals surface area contributed by atoms with Crippen molar-refractivity contribution in [3.8, 4) is 23.0 Å². The number of methoxy groups -OCH3 is 2. The minimum Gasteiger partial charge on any atom is -0.493 e. The predicted octanol–water partition coefficient (Wildman–Crippen LogP) is 5.17. The molecule has 1 unspecified atom stereocenters. The molecule has 6 amide bonds. The predicted molar refractivity (Wildman–Crippen MR) is 257 cm³/mol. The van der Waals surface area contributed by atoms with Crippen LogP contribution in [0.25, 0.3) is 0 Å². The van der Waals surface area contributed by atoms with E-state index in [0.717, 1.165) is 25.7 Å². The quantitative estimate of drug-likeness (QED) is 0.0851. The van der Waals surface area contributed by atoms with Crippen LogP contribution in [-0.2, 0) is 23.7 Å². The number of amides is 6. The van der Waals surface area contributed by atoms with E-state index in [-0.39, 0.29) is 86.7 Å². The summed E-state index contributed by atoms with van der Waals surface area (Å²) in [6.07, 6.45) is 12.2. The Labute approximate surface area is 399 Å². The van der Waals surface area contributed by atoms with E-state index < -0.39 is 0 Å². The number of aryl methyl sites for hydroxylation is 2. The smallest absolute Gasteiger partial charge is 0.267 e. The number of aromatic nitrogens is 2. The molecule has 0 radical (unpaired) electrons. The molecule has 0 bridgehead atoms. The average Bonchev–Trinajstić information content (AvgIpc) is 4.14. The number of benzene rings is 2.